The van der Waals surface area contributed by atoms with Crippen molar-refractivity contribution < 1.29 is 28.8 Å². The molecule has 0 bridgehead atoms. The molecule has 2 aliphatic heterocycles. The number of methoxy groups -OCH3 is 1. The lowest BCUT2D eigenvalue weighted by Crippen LogP contribution is -2.58. The molecule has 1 N–H and O–H groups in total. The van der Waals surface area contributed by atoms with Crippen LogP contribution in [0.2, 0.25) is 0 Å². The van der Waals surface area contributed by atoms with Gasteiger partial charge in [0.25, 0.3) is 0 Å². The van der Waals surface area contributed by atoms with E-state index in [2.05, 4.69) is 18.6 Å². The quantitative estimate of drug-likeness (QED) is 0.479. The van der Waals surface area contributed by atoms with Crippen LogP contribution >= 0.6 is 0 Å². The van der Waals surface area contributed by atoms with Crippen LogP contribution in [0, 0.1) is 5.41 Å². The second kappa shape index (κ2) is 5.53. The molecule has 3 atom stereocenters. The summed E-state index contributed by atoms with van der Waals surface area (Å²) >= 11 is 0. The summed E-state index contributed by atoms with van der Waals surface area (Å²) in [5.41, 5.74) is -0.712. The van der Waals surface area contributed by atoms with Gasteiger partial charge in [0.15, 0.2) is 5.79 Å². The predicted octanol–water partition coefficient (Wildman–Crippen LogP) is 1.95. The molecule has 0 aromatic rings. The number of aliphatic hydroxyl groups is 1. The third-order valence-corrected chi connectivity index (χ3v) is 5.82. The van der Waals surface area contributed by atoms with Crippen molar-refractivity contribution in [3.63, 3.8) is 0 Å². The lowest BCUT2D eigenvalue weighted by Gasteiger charge is -2.47. The number of hydrogen-bond acceptors (Lipinski definition) is 6. The standard InChI is InChI=1S/C18H28O6/c1-12(9-14(20)21-5)8-13(19)18-15(2,3)10-17(22-6-7-23-17)11-16(18,4)24-18/h9,13,19H,6-8,10-11H2,1-5H3. The van der Waals surface area contributed by atoms with E-state index in [4.69, 9.17) is 14.2 Å². The third-order valence-electron chi connectivity index (χ3n) is 5.82. The predicted molar refractivity (Wildman–Crippen MR) is 86.3 cm³/mol. The molecule has 136 valence electrons. The number of carbonyl (C=O) groups is 1. The lowest BCUT2D eigenvalue weighted by atomic mass is 9.59. The van der Waals surface area contributed by atoms with Crippen LogP contribution in [-0.2, 0) is 23.7 Å². The van der Waals surface area contributed by atoms with Gasteiger partial charge < -0.3 is 24.1 Å². The average Bonchev–Trinajstić information content (AvgIpc) is 2.89. The summed E-state index contributed by atoms with van der Waals surface area (Å²) in [6, 6.07) is 0. The van der Waals surface area contributed by atoms with E-state index in [9.17, 15) is 9.90 Å². The van der Waals surface area contributed by atoms with Gasteiger partial charge in [0.2, 0.25) is 0 Å². The highest BCUT2D eigenvalue weighted by Crippen LogP contribution is 2.70. The number of aliphatic hydroxyl groups excluding tert-OH is 1. The maximum absolute atomic E-state index is 11.4. The number of esters is 1. The fourth-order valence-corrected chi connectivity index (χ4v) is 5.07. The van der Waals surface area contributed by atoms with Gasteiger partial charge in [-0.25, -0.2) is 4.79 Å². The Hall–Kier alpha value is -0.950. The molecular formula is C18H28O6. The minimum absolute atomic E-state index is 0.324. The Balaban J connectivity index is 1.81. The van der Waals surface area contributed by atoms with E-state index in [1.54, 1.807) is 0 Å². The second-order valence-electron chi connectivity index (χ2n) is 8.15. The van der Waals surface area contributed by atoms with Crippen LogP contribution in [0.3, 0.4) is 0 Å². The molecule has 3 unspecified atom stereocenters. The van der Waals surface area contributed by atoms with Gasteiger partial charge in [-0.15, -0.1) is 0 Å². The highest BCUT2D eigenvalue weighted by molar-refractivity contribution is 5.82. The molecule has 0 radical (unpaired) electrons. The molecule has 0 amide bonds. The molecule has 3 fully saturated rings. The van der Waals surface area contributed by atoms with Crippen LogP contribution in [0.1, 0.15) is 47.0 Å². The van der Waals surface area contributed by atoms with Crippen LogP contribution in [0.5, 0.6) is 0 Å². The Morgan fingerprint density at radius 3 is 2.42 bits per heavy atom. The highest BCUT2D eigenvalue weighted by Gasteiger charge is 2.81. The van der Waals surface area contributed by atoms with Crippen LogP contribution in [-0.4, -0.2) is 54.5 Å². The Morgan fingerprint density at radius 2 is 1.88 bits per heavy atom. The molecule has 2 heterocycles. The minimum atomic E-state index is -0.711. The Labute approximate surface area is 143 Å². The van der Waals surface area contributed by atoms with E-state index in [0.717, 1.165) is 5.57 Å². The van der Waals surface area contributed by atoms with Crippen LogP contribution in [0.25, 0.3) is 0 Å². The molecule has 6 nitrogen and oxygen atoms in total. The van der Waals surface area contributed by atoms with Gasteiger partial charge in [-0.2, -0.15) is 0 Å². The zero-order valence-electron chi connectivity index (χ0n) is 15.2. The van der Waals surface area contributed by atoms with E-state index in [1.165, 1.54) is 13.2 Å². The highest BCUT2D eigenvalue weighted by atomic mass is 16.7. The first-order valence-corrected chi connectivity index (χ1v) is 8.51. The monoisotopic (exact) mass is 340 g/mol. The Morgan fingerprint density at radius 1 is 1.25 bits per heavy atom. The molecule has 1 saturated carbocycles. The molecule has 1 spiro atoms. The van der Waals surface area contributed by atoms with E-state index in [0.29, 0.717) is 32.5 Å². The summed E-state index contributed by atoms with van der Waals surface area (Å²) in [6.07, 6.45) is 2.35. The molecule has 24 heavy (non-hydrogen) atoms. The van der Waals surface area contributed by atoms with Crippen LogP contribution < -0.4 is 0 Å². The number of hydrogen-bond donors (Lipinski definition) is 1. The zero-order chi connectivity index (χ0) is 17.8. The van der Waals surface area contributed by atoms with Crippen LogP contribution in [0.4, 0.5) is 0 Å². The van der Waals surface area contributed by atoms with Crippen molar-refractivity contribution in [1.29, 1.82) is 0 Å². The van der Waals surface area contributed by atoms with Crippen molar-refractivity contribution >= 4 is 5.97 Å². The SMILES string of the molecule is COC(=O)C=C(C)CC(O)C12OC1(C)CC1(CC2(C)C)OCCO1. The maximum atomic E-state index is 11.4. The van der Waals surface area contributed by atoms with Crippen molar-refractivity contribution in [1.82, 2.24) is 0 Å². The van der Waals surface area contributed by atoms with Gasteiger partial charge in [-0.3, -0.25) is 0 Å². The van der Waals surface area contributed by atoms with Gasteiger partial charge >= 0.3 is 5.97 Å². The van der Waals surface area contributed by atoms with Gasteiger partial charge in [0.1, 0.15) is 11.2 Å². The molecule has 2 saturated heterocycles. The van der Waals surface area contributed by atoms with E-state index >= 15 is 0 Å². The van der Waals surface area contributed by atoms with Crippen molar-refractivity contribution in [3.05, 3.63) is 11.6 Å². The van der Waals surface area contributed by atoms with Crippen molar-refractivity contribution in [2.75, 3.05) is 20.3 Å². The average molecular weight is 340 g/mol. The molecule has 0 aromatic carbocycles. The first-order valence-electron chi connectivity index (χ1n) is 8.51. The molecule has 3 aliphatic rings. The number of fused-ring (bicyclic) bond motifs is 1. The van der Waals surface area contributed by atoms with Gasteiger partial charge in [-0.05, 0) is 20.3 Å². The Bertz CT molecular complexity index is 562. The summed E-state index contributed by atoms with van der Waals surface area (Å²) in [5, 5.41) is 11.0. The fourth-order valence-electron chi connectivity index (χ4n) is 5.07. The first-order chi connectivity index (χ1) is 11.1. The summed E-state index contributed by atoms with van der Waals surface area (Å²) in [6.45, 7) is 9.21. The van der Waals surface area contributed by atoms with Gasteiger partial charge in [0, 0.05) is 24.3 Å². The topological polar surface area (TPSA) is 77.5 Å². The number of carbonyl (C=O) groups excluding carboxylic acids is 1. The molecule has 3 rings (SSSR count). The number of rotatable bonds is 4. The smallest absolute Gasteiger partial charge is 0.330 e. The van der Waals surface area contributed by atoms with Gasteiger partial charge in [0.05, 0.1) is 26.4 Å². The lowest BCUT2D eigenvalue weighted by molar-refractivity contribution is -0.209. The second-order valence-corrected chi connectivity index (χ2v) is 8.15. The molecular weight excluding hydrogens is 312 g/mol. The third kappa shape index (κ3) is 2.51. The molecule has 0 aromatic heterocycles. The van der Waals surface area contributed by atoms with Crippen molar-refractivity contribution in [2.45, 2.75) is 70.1 Å². The largest absolute Gasteiger partial charge is 0.466 e. The van der Waals surface area contributed by atoms with Crippen LogP contribution in [0.15, 0.2) is 11.6 Å². The number of ether oxygens (including phenoxy) is 4. The summed E-state index contributed by atoms with van der Waals surface area (Å²) in [4.78, 5) is 11.4. The van der Waals surface area contributed by atoms with Gasteiger partial charge in [-0.1, -0.05) is 19.4 Å². The normalized spacial score (nSPS) is 37.8. The molecule has 1 aliphatic carbocycles. The van der Waals surface area contributed by atoms with E-state index in [-0.39, 0.29) is 5.41 Å². The summed E-state index contributed by atoms with van der Waals surface area (Å²) < 4.78 is 22.6. The van der Waals surface area contributed by atoms with E-state index in [1.807, 2.05) is 13.8 Å². The van der Waals surface area contributed by atoms with Crippen molar-refractivity contribution in [2.24, 2.45) is 5.41 Å². The summed E-state index contributed by atoms with van der Waals surface area (Å²) in [7, 11) is 1.34. The van der Waals surface area contributed by atoms with E-state index < -0.39 is 29.1 Å². The fraction of sp³-hybridized carbons (Fsp3) is 0.833. The van der Waals surface area contributed by atoms with Crippen molar-refractivity contribution in [3.8, 4) is 0 Å². The summed E-state index contributed by atoms with van der Waals surface area (Å²) in [5.74, 6) is -1.01. The molecule has 6 heteroatoms. The maximum Gasteiger partial charge on any atom is 0.330 e. The first kappa shape index (κ1) is 17.9. The number of epoxide rings is 1. The zero-order valence-corrected chi connectivity index (χ0v) is 15.2. The minimum Gasteiger partial charge on any atom is -0.466 e. The Kier molecular flexibility index (Phi) is 4.11.